The van der Waals surface area contributed by atoms with Crippen LogP contribution in [-0.4, -0.2) is 45.6 Å². The topological polar surface area (TPSA) is 63.0 Å². The van der Waals surface area contributed by atoms with Crippen molar-refractivity contribution in [2.45, 2.75) is 13.0 Å². The van der Waals surface area contributed by atoms with Crippen LogP contribution in [0.3, 0.4) is 0 Å². The molecule has 0 radical (unpaired) electrons. The number of anilines is 2. The Hall–Kier alpha value is -2.70. The van der Waals surface area contributed by atoms with Crippen LogP contribution < -0.4 is 9.80 Å². The molecule has 0 bridgehead atoms. The molecule has 3 aromatic rings. The second kappa shape index (κ2) is 5.19. The van der Waals surface area contributed by atoms with Crippen molar-refractivity contribution in [3.05, 3.63) is 35.8 Å². The van der Waals surface area contributed by atoms with E-state index < -0.39 is 0 Å². The van der Waals surface area contributed by atoms with Crippen LogP contribution in [0.1, 0.15) is 11.3 Å². The highest BCUT2D eigenvalue weighted by Crippen LogP contribution is 2.29. The summed E-state index contributed by atoms with van der Waals surface area (Å²) >= 11 is 0. The molecule has 0 spiro atoms. The Labute approximate surface area is 134 Å². The highest BCUT2D eigenvalue weighted by atomic mass is 15.3. The smallest absolute Gasteiger partial charge is 0.159 e. The predicted octanol–water partition coefficient (Wildman–Crippen LogP) is 1.39. The Morgan fingerprint density at radius 2 is 2.09 bits per heavy atom. The summed E-state index contributed by atoms with van der Waals surface area (Å²) in [6.45, 7) is 1.76. The minimum absolute atomic E-state index is 0.833. The average Bonchev–Trinajstić information content (AvgIpc) is 2.95. The van der Waals surface area contributed by atoms with E-state index in [1.807, 2.05) is 43.1 Å². The first-order chi connectivity index (χ1) is 11.1. The maximum atomic E-state index is 4.42. The lowest BCUT2D eigenvalue weighted by molar-refractivity contribution is 0.696. The van der Waals surface area contributed by atoms with Gasteiger partial charge < -0.3 is 9.80 Å². The van der Waals surface area contributed by atoms with E-state index in [9.17, 15) is 0 Å². The van der Waals surface area contributed by atoms with Gasteiger partial charge in [0, 0.05) is 46.9 Å². The molecule has 0 aromatic carbocycles. The average molecular weight is 309 g/mol. The second-order valence-electron chi connectivity index (χ2n) is 6.08. The molecule has 118 valence electrons. The SMILES string of the molecule is CN(C)c1cc2c(nn1)CCN(c1ccnc3c1cnn3C)C2. The van der Waals surface area contributed by atoms with Crippen LogP contribution in [0, 0.1) is 0 Å². The van der Waals surface area contributed by atoms with Gasteiger partial charge in [-0.15, -0.1) is 5.10 Å². The quantitative estimate of drug-likeness (QED) is 0.713. The van der Waals surface area contributed by atoms with Gasteiger partial charge in [0.15, 0.2) is 11.5 Å². The summed E-state index contributed by atoms with van der Waals surface area (Å²) in [5.41, 5.74) is 4.43. The molecule has 7 nitrogen and oxygen atoms in total. The van der Waals surface area contributed by atoms with Gasteiger partial charge >= 0.3 is 0 Å². The third-order valence-corrected chi connectivity index (χ3v) is 4.34. The second-order valence-corrected chi connectivity index (χ2v) is 6.08. The lowest BCUT2D eigenvalue weighted by Crippen LogP contribution is -2.31. The lowest BCUT2D eigenvalue weighted by Gasteiger charge is -2.30. The zero-order valence-electron chi connectivity index (χ0n) is 13.6. The van der Waals surface area contributed by atoms with Crippen LogP contribution in [0.4, 0.5) is 11.5 Å². The fraction of sp³-hybridized carbons (Fsp3) is 0.375. The Kier molecular flexibility index (Phi) is 3.14. The maximum Gasteiger partial charge on any atom is 0.159 e. The van der Waals surface area contributed by atoms with Crippen molar-refractivity contribution in [3.63, 3.8) is 0 Å². The van der Waals surface area contributed by atoms with Crippen LogP contribution in [0.15, 0.2) is 24.5 Å². The molecule has 0 saturated heterocycles. The molecule has 7 heteroatoms. The van der Waals surface area contributed by atoms with Crippen molar-refractivity contribution in [3.8, 4) is 0 Å². The van der Waals surface area contributed by atoms with Crippen LogP contribution in [0.25, 0.3) is 11.0 Å². The molecule has 0 aliphatic carbocycles. The molecule has 0 atom stereocenters. The number of fused-ring (bicyclic) bond motifs is 2. The number of rotatable bonds is 2. The van der Waals surface area contributed by atoms with Crippen molar-refractivity contribution in [1.82, 2.24) is 25.0 Å². The monoisotopic (exact) mass is 309 g/mol. The van der Waals surface area contributed by atoms with E-state index in [1.54, 1.807) is 0 Å². The van der Waals surface area contributed by atoms with Gasteiger partial charge in [0.2, 0.25) is 0 Å². The number of aromatic nitrogens is 5. The third-order valence-electron chi connectivity index (χ3n) is 4.34. The molecule has 4 rings (SSSR count). The highest BCUT2D eigenvalue weighted by molar-refractivity contribution is 5.89. The molecule has 1 aliphatic rings. The molecule has 4 heterocycles. The van der Waals surface area contributed by atoms with Gasteiger partial charge in [-0.25, -0.2) is 4.98 Å². The Morgan fingerprint density at radius 1 is 1.22 bits per heavy atom. The van der Waals surface area contributed by atoms with Gasteiger partial charge in [-0.05, 0) is 17.7 Å². The standard InChI is InChI=1S/C16H19N7/c1-21(2)15-8-11-10-23(7-5-13(11)19-20-15)14-4-6-17-16-12(14)9-18-22(16)3/h4,6,8-9H,5,7,10H2,1-3H3. The van der Waals surface area contributed by atoms with Crippen molar-refractivity contribution >= 4 is 22.5 Å². The zero-order valence-corrected chi connectivity index (χ0v) is 13.6. The van der Waals surface area contributed by atoms with Crippen molar-refractivity contribution in [2.24, 2.45) is 7.05 Å². The number of hydrogen-bond acceptors (Lipinski definition) is 6. The summed E-state index contributed by atoms with van der Waals surface area (Å²) in [6.07, 6.45) is 4.65. The molecule has 0 N–H and O–H groups in total. The van der Waals surface area contributed by atoms with E-state index >= 15 is 0 Å². The first kappa shape index (κ1) is 13.9. The van der Waals surface area contributed by atoms with Gasteiger partial charge in [0.05, 0.1) is 23.0 Å². The van der Waals surface area contributed by atoms with E-state index in [1.165, 1.54) is 11.3 Å². The number of aryl methyl sites for hydroxylation is 1. The molecule has 23 heavy (non-hydrogen) atoms. The predicted molar refractivity (Wildman–Crippen MR) is 89.6 cm³/mol. The number of pyridine rings is 1. The van der Waals surface area contributed by atoms with Crippen LogP contribution in [0.2, 0.25) is 0 Å². The molecule has 0 unspecified atom stereocenters. The normalized spacial score (nSPS) is 14.1. The minimum atomic E-state index is 0.833. The zero-order chi connectivity index (χ0) is 16.0. The van der Waals surface area contributed by atoms with Gasteiger partial charge in [0.1, 0.15) is 0 Å². The van der Waals surface area contributed by atoms with Crippen LogP contribution >= 0.6 is 0 Å². The number of nitrogens with zero attached hydrogens (tertiary/aromatic N) is 7. The maximum absolute atomic E-state index is 4.42. The summed E-state index contributed by atoms with van der Waals surface area (Å²) in [6, 6.07) is 4.20. The van der Waals surface area contributed by atoms with Crippen molar-refractivity contribution < 1.29 is 0 Å². The first-order valence-electron chi connectivity index (χ1n) is 7.68. The first-order valence-corrected chi connectivity index (χ1v) is 7.68. The molecular weight excluding hydrogens is 290 g/mol. The Balaban J connectivity index is 1.73. The van der Waals surface area contributed by atoms with E-state index in [2.05, 4.69) is 37.3 Å². The Bertz CT molecular complexity index is 868. The van der Waals surface area contributed by atoms with Crippen LogP contribution in [0.5, 0.6) is 0 Å². The fourth-order valence-corrected chi connectivity index (χ4v) is 3.05. The largest absolute Gasteiger partial charge is 0.366 e. The summed E-state index contributed by atoms with van der Waals surface area (Å²) in [4.78, 5) is 8.78. The molecule has 3 aromatic heterocycles. The van der Waals surface area contributed by atoms with Crippen molar-refractivity contribution in [2.75, 3.05) is 30.4 Å². The molecule has 0 fully saturated rings. The summed E-state index contributed by atoms with van der Waals surface area (Å²) in [5.74, 6) is 0.895. The van der Waals surface area contributed by atoms with Crippen LogP contribution in [-0.2, 0) is 20.0 Å². The van der Waals surface area contributed by atoms with E-state index in [0.29, 0.717) is 0 Å². The van der Waals surface area contributed by atoms with Gasteiger partial charge in [-0.1, -0.05) is 0 Å². The van der Waals surface area contributed by atoms with Gasteiger partial charge in [0.25, 0.3) is 0 Å². The fourth-order valence-electron chi connectivity index (χ4n) is 3.05. The summed E-state index contributed by atoms with van der Waals surface area (Å²) in [5, 5.41) is 14.1. The minimum Gasteiger partial charge on any atom is -0.366 e. The van der Waals surface area contributed by atoms with E-state index in [-0.39, 0.29) is 0 Å². The van der Waals surface area contributed by atoms with E-state index in [0.717, 1.165) is 42.1 Å². The molecule has 1 aliphatic heterocycles. The lowest BCUT2D eigenvalue weighted by atomic mass is 10.1. The van der Waals surface area contributed by atoms with Gasteiger partial charge in [-0.2, -0.15) is 10.2 Å². The Morgan fingerprint density at radius 3 is 2.91 bits per heavy atom. The summed E-state index contributed by atoms with van der Waals surface area (Å²) in [7, 11) is 5.89. The number of hydrogen-bond donors (Lipinski definition) is 0. The molecular formula is C16H19N7. The summed E-state index contributed by atoms with van der Waals surface area (Å²) < 4.78 is 1.81. The van der Waals surface area contributed by atoms with Gasteiger partial charge in [-0.3, -0.25) is 4.68 Å². The molecule has 0 amide bonds. The van der Waals surface area contributed by atoms with E-state index in [4.69, 9.17) is 0 Å². The highest BCUT2D eigenvalue weighted by Gasteiger charge is 2.21. The third kappa shape index (κ3) is 2.28. The molecule has 0 saturated carbocycles. The van der Waals surface area contributed by atoms with Crippen molar-refractivity contribution in [1.29, 1.82) is 0 Å².